The highest BCUT2D eigenvalue weighted by Gasteiger charge is 2.00. The quantitative estimate of drug-likeness (QED) is 0.563. The summed E-state index contributed by atoms with van der Waals surface area (Å²) in [5, 5.41) is 11.8. The van der Waals surface area contributed by atoms with Crippen molar-refractivity contribution in [3.63, 3.8) is 0 Å². The molecule has 0 aliphatic carbocycles. The summed E-state index contributed by atoms with van der Waals surface area (Å²) in [7, 11) is 0. The highest BCUT2D eigenvalue weighted by atomic mass is 16.4. The third kappa shape index (κ3) is 9.52. The van der Waals surface area contributed by atoms with Crippen molar-refractivity contribution in [3.05, 3.63) is 0 Å². The molecule has 0 bridgehead atoms. The Morgan fingerprint density at radius 1 is 1.36 bits per heavy atom. The molecule has 0 heterocycles. The van der Waals surface area contributed by atoms with Gasteiger partial charge in [0.25, 0.3) is 0 Å². The average molecular weight is 201 g/mol. The Morgan fingerprint density at radius 3 is 2.64 bits per heavy atom. The molecule has 0 radical (unpaired) electrons. The topological polar surface area (TPSA) is 49.3 Å². The highest BCUT2D eigenvalue weighted by molar-refractivity contribution is 5.66. The van der Waals surface area contributed by atoms with E-state index in [4.69, 9.17) is 5.11 Å². The van der Waals surface area contributed by atoms with Crippen LogP contribution in [0.3, 0.4) is 0 Å². The summed E-state index contributed by atoms with van der Waals surface area (Å²) in [6, 6.07) is 0.569. The number of hydrogen-bond acceptors (Lipinski definition) is 2. The SMILES string of the molecule is CCCCC(C)NCCCCC(=O)O. The van der Waals surface area contributed by atoms with Gasteiger partial charge in [-0.05, 0) is 32.7 Å². The van der Waals surface area contributed by atoms with E-state index in [0.29, 0.717) is 12.5 Å². The molecule has 0 aliphatic rings. The van der Waals surface area contributed by atoms with E-state index in [9.17, 15) is 4.79 Å². The smallest absolute Gasteiger partial charge is 0.303 e. The van der Waals surface area contributed by atoms with Gasteiger partial charge < -0.3 is 10.4 Å². The molecule has 3 nitrogen and oxygen atoms in total. The minimum atomic E-state index is -0.691. The summed E-state index contributed by atoms with van der Waals surface area (Å²) in [6.45, 7) is 5.32. The molecule has 0 rings (SSSR count). The molecule has 0 saturated heterocycles. The van der Waals surface area contributed by atoms with E-state index in [0.717, 1.165) is 19.4 Å². The number of unbranched alkanes of at least 4 members (excludes halogenated alkanes) is 2. The van der Waals surface area contributed by atoms with Crippen LogP contribution in [0.25, 0.3) is 0 Å². The molecule has 0 saturated carbocycles. The van der Waals surface area contributed by atoms with E-state index in [1.807, 2.05) is 0 Å². The lowest BCUT2D eigenvalue weighted by atomic mass is 10.1. The summed E-state index contributed by atoms with van der Waals surface area (Å²) in [6.07, 6.45) is 5.76. The minimum absolute atomic E-state index is 0.297. The van der Waals surface area contributed by atoms with Crippen LogP contribution in [0, 0.1) is 0 Å². The van der Waals surface area contributed by atoms with Crippen LogP contribution in [0.4, 0.5) is 0 Å². The molecule has 0 amide bonds. The number of carbonyl (C=O) groups is 1. The fraction of sp³-hybridized carbons (Fsp3) is 0.909. The van der Waals surface area contributed by atoms with Gasteiger partial charge in [-0.3, -0.25) is 4.79 Å². The molecule has 0 spiro atoms. The zero-order valence-corrected chi connectivity index (χ0v) is 9.38. The third-order valence-corrected chi connectivity index (χ3v) is 2.30. The monoisotopic (exact) mass is 201 g/mol. The second-order valence-electron chi connectivity index (χ2n) is 3.85. The first-order valence-corrected chi connectivity index (χ1v) is 5.62. The third-order valence-electron chi connectivity index (χ3n) is 2.30. The van der Waals surface area contributed by atoms with Crippen molar-refractivity contribution in [2.45, 2.75) is 58.4 Å². The molecular weight excluding hydrogens is 178 g/mol. The number of nitrogens with one attached hydrogen (secondary N) is 1. The van der Waals surface area contributed by atoms with Crippen molar-refractivity contribution in [3.8, 4) is 0 Å². The molecular formula is C11H23NO2. The average Bonchev–Trinajstić information content (AvgIpc) is 2.13. The van der Waals surface area contributed by atoms with E-state index < -0.39 is 5.97 Å². The number of aliphatic carboxylic acids is 1. The summed E-state index contributed by atoms with van der Waals surface area (Å²) in [5.41, 5.74) is 0. The summed E-state index contributed by atoms with van der Waals surface area (Å²) in [5.74, 6) is -0.691. The first kappa shape index (κ1) is 13.4. The molecule has 0 aromatic rings. The van der Waals surface area contributed by atoms with Crippen molar-refractivity contribution in [1.29, 1.82) is 0 Å². The van der Waals surface area contributed by atoms with E-state index in [-0.39, 0.29) is 0 Å². The van der Waals surface area contributed by atoms with Crippen LogP contribution >= 0.6 is 0 Å². The number of carboxylic acids is 1. The Kier molecular flexibility index (Phi) is 8.64. The largest absolute Gasteiger partial charge is 0.481 e. The van der Waals surface area contributed by atoms with Crippen molar-refractivity contribution in [1.82, 2.24) is 5.32 Å². The Bertz CT molecular complexity index is 148. The van der Waals surface area contributed by atoms with E-state index in [2.05, 4.69) is 19.2 Å². The van der Waals surface area contributed by atoms with Crippen LogP contribution in [0.5, 0.6) is 0 Å². The van der Waals surface area contributed by atoms with Crippen LogP contribution in [0.15, 0.2) is 0 Å². The van der Waals surface area contributed by atoms with Crippen molar-refractivity contribution in [2.24, 2.45) is 0 Å². The van der Waals surface area contributed by atoms with Gasteiger partial charge >= 0.3 is 5.97 Å². The molecule has 2 N–H and O–H groups in total. The maximum Gasteiger partial charge on any atom is 0.303 e. The van der Waals surface area contributed by atoms with E-state index in [1.54, 1.807) is 0 Å². The fourth-order valence-corrected chi connectivity index (χ4v) is 1.36. The fourth-order valence-electron chi connectivity index (χ4n) is 1.36. The maximum absolute atomic E-state index is 10.2. The lowest BCUT2D eigenvalue weighted by Crippen LogP contribution is -2.26. The van der Waals surface area contributed by atoms with Gasteiger partial charge in [0.05, 0.1) is 0 Å². The van der Waals surface area contributed by atoms with Crippen molar-refractivity contribution in [2.75, 3.05) is 6.54 Å². The predicted molar refractivity (Wildman–Crippen MR) is 58.5 cm³/mol. The summed E-state index contributed by atoms with van der Waals surface area (Å²) < 4.78 is 0. The molecule has 0 aromatic carbocycles. The van der Waals surface area contributed by atoms with Crippen LogP contribution < -0.4 is 5.32 Å². The molecule has 14 heavy (non-hydrogen) atoms. The summed E-state index contributed by atoms with van der Waals surface area (Å²) in [4.78, 5) is 10.2. The molecule has 84 valence electrons. The Balaban J connectivity index is 3.14. The molecule has 0 aromatic heterocycles. The van der Waals surface area contributed by atoms with Gasteiger partial charge in [0, 0.05) is 12.5 Å². The maximum atomic E-state index is 10.2. The zero-order chi connectivity index (χ0) is 10.8. The number of hydrogen-bond donors (Lipinski definition) is 2. The van der Waals surface area contributed by atoms with Gasteiger partial charge in [-0.25, -0.2) is 0 Å². The Morgan fingerprint density at radius 2 is 2.07 bits per heavy atom. The van der Waals surface area contributed by atoms with Gasteiger partial charge in [0.2, 0.25) is 0 Å². The predicted octanol–water partition coefficient (Wildman–Crippen LogP) is 2.41. The normalized spacial score (nSPS) is 12.7. The Hall–Kier alpha value is -0.570. The molecule has 0 fully saturated rings. The van der Waals surface area contributed by atoms with E-state index in [1.165, 1.54) is 19.3 Å². The van der Waals surface area contributed by atoms with E-state index >= 15 is 0 Å². The first-order valence-electron chi connectivity index (χ1n) is 5.62. The number of rotatable bonds is 9. The lowest BCUT2D eigenvalue weighted by molar-refractivity contribution is -0.137. The van der Waals surface area contributed by atoms with Crippen LogP contribution in [-0.2, 0) is 4.79 Å². The first-order chi connectivity index (χ1) is 6.66. The van der Waals surface area contributed by atoms with Crippen LogP contribution in [-0.4, -0.2) is 23.7 Å². The van der Waals surface area contributed by atoms with Gasteiger partial charge in [-0.15, -0.1) is 0 Å². The standard InChI is InChI=1S/C11H23NO2/c1-3-4-7-10(2)12-9-6-5-8-11(13)14/h10,12H,3-9H2,1-2H3,(H,13,14). The van der Waals surface area contributed by atoms with Crippen LogP contribution in [0.1, 0.15) is 52.4 Å². The molecule has 0 aliphatic heterocycles. The number of carboxylic acid groups (broad SMARTS) is 1. The lowest BCUT2D eigenvalue weighted by Gasteiger charge is -2.12. The summed E-state index contributed by atoms with van der Waals surface area (Å²) >= 11 is 0. The molecule has 3 heteroatoms. The second-order valence-corrected chi connectivity index (χ2v) is 3.85. The highest BCUT2D eigenvalue weighted by Crippen LogP contribution is 2.00. The van der Waals surface area contributed by atoms with Gasteiger partial charge in [0.1, 0.15) is 0 Å². The molecule has 1 unspecified atom stereocenters. The van der Waals surface area contributed by atoms with Crippen molar-refractivity contribution >= 4 is 5.97 Å². The van der Waals surface area contributed by atoms with Gasteiger partial charge in [-0.1, -0.05) is 19.8 Å². The van der Waals surface area contributed by atoms with Gasteiger partial charge in [0.15, 0.2) is 0 Å². The minimum Gasteiger partial charge on any atom is -0.481 e. The van der Waals surface area contributed by atoms with Crippen molar-refractivity contribution < 1.29 is 9.90 Å². The zero-order valence-electron chi connectivity index (χ0n) is 9.38. The molecule has 1 atom stereocenters. The Labute approximate surface area is 86.9 Å². The van der Waals surface area contributed by atoms with Crippen LogP contribution in [0.2, 0.25) is 0 Å². The second kappa shape index (κ2) is 9.00. The van der Waals surface area contributed by atoms with Gasteiger partial charge in [-0.2, -0.15) is 0 Å².